The van der Waals surface area contributed by atoms with E-state index in [2.05, 4.69) is 0 Å². The molecular formula is C13H15FN2O3. The second-order valence-electron chi connectivity index (χ2n) is 4.42. The monoisotopic (exact) mass is 266 g/mol. The Morgan fingerprint density at radius 3 is 2.84 bits per heavy atom. The van der Waals surface area contributed by atoms with E-state index in [1.165, 1.54) is 19.2 Å². The Balaban J connectivity index is 2.20. The maximum Gasteiger partial charge on any atom is 0.246 e. The molecule has 102 valence electrons. The molecule has 1 aliphatic heterocycles. The normalized spacial score (nSPS) is 19.7. The highest BCUT2D eigenvalue weighted by atomic mass is 19.1. The van der Waals surface area contributed by atoms with Crippen LogP contribution >= 0.6 is 0 Å². The van der Waals surface area contributed by atoms with Crippen LogP contribution in [0.1, 0.15) is 18.4 Å². The Labute approximate surface area is 110 Å². The van der Waals surface area contributed by atoms with Crippen molar-refractivity contribution in [1.82, 2.24) is 4.90 Å². The summed E-state index contributed by atoms with van der Waals surface area (Å²) < 4.78 is 18.7. The number of nitrogens with two attached hydrogens (primary N) is 1. The van der Waals surface area contributed by atoms with Crippen LogP contribution in [0.2, 0.25) is 0 Å². The Kier molecular flexibility index (Phi) is 3.80. The van der Waals surface area contributed by atoms with Crippen LogP contribution in [-0.2, 0) is 16.1 Å². The number of likely N-dealkylation sites (tertiary alicyclic amines) is 1. The molecule has 2 N–H and O–H groups in total. The molecular weight excluding hydrogens is 251 g/mol. The zero-order valence-electron chi connectivity index (χ0n) is 10.6. The third-order valence-corrected chi connectivity index (χ3v) is 3.14. The molecule has 0 saturated carbocycles. The number of carbonyl (C=O) groups excluding carboxylic acids is 2. The molecule has 5 nitrogen and oxygen atoms in total. The first-order valence-corrected chi connectivity index (χ1v) is 5.95. The minimum Gasteiger partial charge on any atom is -0.497 e. The van der Waals surface area contributed by atoms with Gasteiger partial charge in [0.2, 0.25) is 11.8 Å². The second kappa shape index (κ2) is 5.36. The molecule has 2 amide bonds. The van der Waals surface area contributed by atoms with E-state index >= 15 is 0 Å². The van der Waals surface area contributed by atoms with Crippen molar-refractivity contribution in [2.75, 3.05) is 7.11 Å². The summed E-state index contributed by atoms with van der Waals surface area (Å²) in [5, 5.41) is 0. The van der Waals surface area contributed by atoms with Gasteiger partial charge in [-0.3, -0.25) is 14.5 Å². The molecule has 19 heavy (non-hydrogen) atoms. The van der Waals surface area contributed by atoms with Crippen molar-refractivity contribution in [1.29, 1.82) is 0 Å². The third-order valence-electron chi connectivity index (χ3n) is 3.14. The molecule has 0 bridgehead atoms. The summed E-state index contributed by atoms with van der Waals surface area (Å²) in [7, 11) is 1.44. The van der Waals surface area contributed by atoms with Crippen molar-refractivity contribution in [2.24, 2.45) is 5.73 Å². The van der Waals surface area contributed by atoms with Crippen molar-refractivity contribution in [3.8, 4) is 5.75 Å². The largest absolute Gasteiger partial charge is 0.497 e. The molecule has 1 unspecified atom stereocenters. The average Bonchev–Trinajstić information content (AvgIpc) is 2.40. The number of hydrogen-bond acceptors (Lipinski definition) is 4. The first kappa shape index (κ1) is 13.5. The van der Waals surface area contributed by atoms with Crippen LogP contribution in [0.15, 0.2) is 18.2 Å². The van der Waals surface area contributed by atoms with Gasteiger partial charge in [-0.1, -0.05) is 6.07 Å². The number of imide groups is 1. The highest BCUT2D eigenvalue weighted by Crippen LogP contribution is 2.20. The lowest BCUT2D eigenvalue weighted by Gasteiger charge is -2.28. The summed E-state index contributed by atoms with van der Waals surface area (Å²) in [6, 6.07) is 3.61. The molecule has 6 heteroatoms. The highest BCUT2D eigenvalue weighted by molar-refractivity contribution is 6.00. The number of rotatable bonds is 3. The van der Waals surface area contributed by atoms with Crippen LogP contribution in [0.25, 0.3) is 0 Å². The van der Waals surface area contributed by atoms with E-state index < -0.39 is 17.8 Å². The maximum atomic E-state index is 13.8. The molecule has 1 saturated heterocycles. The Morgan fingerprint density at radius 2 is 2.21 bits per heavy atom. The van der Waals surface area contributed by atoms with Crippen LogP contribution in [0.5, 0.6) is 5.75 Å². The summed E-state index contributed by atoms with van der Waals surface area (Å²) in [5.74, 6) is -0.901. The number of benzene rings is 1. The molecule has 0 spiro atoms. The molecule has 1 atom stereocenters. The summed E-state index contributed by atoms with van der Waals surface area (Å²) in [5.41, 5.74) is 5.87. The standard InChI is InChI=1S/C13H15FN2O3/c1-19-9-3-2-8(10(14)6-9)7-16-12(17)5-4-11(15)13(16)18/h2-3,6,11H,4-5,7,15H2,1H3. The van der Waals surface area contributed by atoms with Crippen LogP contribution < -0.4 is 10.5 Å². The number of carbonyl (C=O) groups is 2. The number of hydrogen-bond donors (Lipinski definition) is 1. The van der Waals surface area contributed by atoms with Gasteiger partial charge in [-0.15, -0.1) is 0 Å². The SMILES string of the molecule is COc1ccc(CN2C(=O)CCC(N)C2=O)c(F)c1. The third kappa shape index (κ3) is 2.73. The van der Waals surface area contributed by atoms with E-state index in [0.29, 0.717) is 12.2 Å². The van der Waals surface area contributed by atoms with Gasteiger partial charge in [0.05, 0.1) is 19.7 Å². The average molecular weight is 266 g/mol. The molecule has 1 heterocycles. The van der Waals surface area contributed by atoms with Gasteiger partial charge in [0, 0.05) is 18.1 Å². The first-order valence-electron chi connectivity index (χ1n) is 5.95. The van der Waals surface area contributed by atoms with E-state index in [-0.39, 0.29) is 24.4 Å². The van der Waals surface area contributed by atoms with Gasteiger partial charge in [-0.2, -0.15) is 0 Å². The highest BCUT2D eigenvalue weighted by Gasteiger charge is 2.32. The Hall–Kier alpha value is -1.95. The van der Waals surface area contributed by atoms with Crippen molar-refractivity contribution in [2.45, 2.75) is 25.4 Å². The molecule has 0 aromatic heterocycles. The second-order valence-corrected chi connectivity index (χ2v) is 4.42. The summed E-state index contributed by atoms with van der Waals surface area (Å²) in [6.45, 7) is -0.0960. The number of nitrogens with zero attached hydrogens (tertiary/aromatic N) is 1. The lowest BCUT2D eigenvalue weighted by Crippen LogP contribution is -2.50. The lowest BCUT2D eigenvalue weighted by molar-refractivity contribution is -0.149. The smallest absolute Gasteiger partial charge is 0.246 e. The van der Waals surface area contributed by atoms with E-state index in [0.717, 1.165) is 4.90 Å². The fraction of sp³-hybridized carbons (Fsp3) is 0.385. The number of methoxy groups -OCH3 is 1. The number of amides is 2. The quantitative estimate of drug-likeness (QED) is 0.822. The van der Waals surface area contributed by atoms with Gasteiger partial charge in [-0.25, -0.2) is 4.39 Å². The molecule has 1 fully saturated rings. The van der Waals surface area contributed by atoms with Crippen molar-refractivity contribution in [3.63, 3.8) is 0 Å². The van der Waals surface area contributed by atoms with E-state index in [1.54, 1.807) is 6.07 Å². The van der Waals surface area contributed by atoms with Crippen molar-refractivity contribution < 1.29 is 18.7 Å². The minimum absolute atomic E-state index is 0.0960. The van der Waals surface area contributed by atoms with Crippen LogP contribution in [-0.4, -0.2) is 29.9 Å². The number of ether oxygens (including phenoxy) is 1. The predicted octanol–water partition coefficient (Wildman–Crippen LogP) is 0.811. The van der Waals surface area contributed by atoms with Gasteiger partial charge in [0.25, 0.3) is 0 Å². The zero-order chi connectivity index (χ0) is 14.0. The fourth-order valence-electron chi connectivity index (χ4n) is 1.98. The molecule has 1 aromatic rings. The van der Waals surface area contributed by atoms with Crippen LogP contribution in [0.4, 0.5) is 4.39 Å². The minimum atomic E-state index is -0.681. The molecule has 0 aliphatic carbocycles. The fourth-order valence-corrected chi connectivity index (χ4v) is 1.98. The van der Waals surface area contributed by atoms with Crippen LogP contribution in [0.3, 0.4) is 0 Å². The Bertz CT molecular complexity index is 519. The van der Waals surface area contributed by atoms with Gasteiger partial charge in [0.15, 0.2) is 0 Å². The predicted molar refractivity (Wildman–Crippen MR) is 65.7 cm³/mol. The maximum absolute atomic E-state index is 13.8. The summed E-state index contributed by atoms with van der Waals surface area (Å²) >= 11 is 0. The Morgan fingerprint density at radius 1 is 1.47 bits per heavy atom. The van der Waals surface area contributed by atoms with Crippen LogP contribution in [0, 0.1) is 5.82 Å². The van der Waals surface area contributed by atoms with Crippen molar-refractivity contribution >= 4 is 11.8 Å². The molecule has 1 aliphatic rings. The van der Waals surface area contributed by atoms with Gasteiger partial charge in [-0.05, 0) is 12.5 Å². The molecule has 2 rings (SSSR count). The van der Waals surface area contributed by atoms with E-state index in [9.17, 15) is 14.0 Å². The van der Waals surface area contributed by atoms with E-state index in [4.69, 9.17) is 10.5 Å². The summed E-state index contributed by atoms with van der Waals surface area (Å²) in [6.07, 6.45) is 0.559. The van der Waals surface area contributed by atoms with Gasteiger partial charge < -0.3 is 10.5 Å². The number of piperidine rings is 1. The lowest BCUT2D eigenvalue weighted by atomic mass is 10.0. The molecule has 0 radical (unpaired) electrons. The zero-order valence-corrected chi connectivity index (χ0v) is 10.6. The summed E-state index contributed by atoms with van der Waals surface area (Å²) in [4.78, 5) is 24.5. The van der Waals surface area contributed by atoms with Crippen molar-refractivity contribution in [3.05, 3.63) is 29.6 Å². The van der Waals surface area contributed by atoms with Gasteiger partial charge in [0.1, 0.15) is 11.6 Å². The first-order chi connectivity index (χ1) is 9.02. The number of halogens is 1. The topological polar surface area (TPSA) is 72.6 Å². The molecule has 1 aromatic carbocycles. The van der Waals surface area contributed by atoms with Gasteiger partial charge >= 0.3 is 0 Å². The van der Waals surface area contributed by atoms with E-state index in [1.807, 2.05) is 0 Å².